The molecule has 180 valence electrons. The van der Waals surface area contributed by atoms with E-state index in [-0.39, 0.29) is 31.2 Å². The monoisotopic (exact) mass is 484 g/mol. The van der Waals surface area contributed by atoms with E-state index in [2.05, 4.69) is 19.6 Å². The van der Waals surface area contributed by atoms with Crippen molar-refractivity contribution >= 4 is 25.8 Å². The second kappa shape index (κ2) is 9.33. The molecule has 4 atom stereocenters. The van der Waals surface area contributed by atoms with Crippen LogP contribution in [0.5, 0.6) is 5.75 Å². The number of benzene rings is 2. The van der Waals surface area contributed by atoms with Crippen LogP contribution in [0.2, 0.25) is 25.7 Å². The summed E-state index contributed by atoms with van der Waals surface area (Å²) in [6.45, 7) is 6.62. The zero-order chi connectivity index (χ0) is 24.6. The topological polar surface area (TPSA) is 89.9 Å². The first-order chi connectivity index (χ1) is 16.0. The van der Waals surface area contributed by atoms with Crippen LogP contribution in [0.1, 0.15) is 34.9 Å². The molecule has 3 aliphatic rings. The molecule has 2 aromatic rings. The normalized spacial score (nSPS) is 23.4. The molecular formula is C26H29FO6Si. The summed E-state index contributed by atoms with van der Waals surface area (Å²) in [5.74, 6) is -5.19. The van der Waals surface area contributed by atoms with Gasteiger partial charge in [-0.15, -0.1) is 0 Å². The van der Waals surface area contributed by atoms with Gasteiger partial charge in [-0.05, 0) is 47.0 Å². The zero-order valence-corrected chi connectivity index (χ0v) is 20.5. The average Bonchev–Trinajstić information content (AvgIpc) is 2.76. The Morgan fingerprint density at radius 1 is 1.03 bits per heavy atom. The highest BCUT2D eigenvalue weighted by molar-refractivity contribution is 6.76. The molecule has 1 N–H and O–H groups in total. The molecule has 0 heterocycles. The third-order valence-corrected chi connectivity index (χ3v) is 8.37. The van der Waals surface area contributed by atoms with Crippen molar-refractivity contribution in [3.05, 3.63) is 65.0 Å². The van der Waals surface area contributed by atoms with Crippen LogP contribution in [-0.2, 0) is 30.5 Å². The lowest BCUT2D eigenvalue weighted by atomic mass is 9.55. The maximum absolute atomic E-state index is 13.5. The minimum Gasteiger partial charge on any atom is -0.508 e. The van der Waals surface area contributed by atoms with E-state index in [1.165, 1.54) is 30.3 Å². The number of fused-ring (bicyclic) bond motifs is 2. The first-order valence-electron chi connectivity index (χ1n) is 11.5. The Hall–Kier alpha value is -3.00. The van der Waals surface area contributed by atoms with Crippen molar-refractivity contribution in [3.63, 3.8) is 0 Å². The van der Waals surface area contributed by atoms with Crippen molar-refractivity contribution in [2.24, 2.45) is 11.8 Å². The zero-order valence-electron chi connectivity index (χ0n) is 19.5. The minimum absolute atomic E-state index is 0.0137. The molecule has 3 aliphatic carbocycles. The first kappa shape index (κ1) is 24.1. The van der Waals surface area contributed by atoms with Gasteiger partial charge in [-0.1, -0.05) is 37.8 Å². The summed E-state index contributed by atoms with van der Waals surface area (Å²) in [5, 5.41) is 10.0. The molecule has 0 amide bonds. The van der Waals surface area contributed by atoms with E-state index in [9.17, 15) is 23.9 Å². The third-order valence-electron chi connectivity index (χ3n) is 6.66. The Morgan fingerprint density at radius 3 is 2.47 bits per heavy atom. The van der Waals surface area contributed by atoms with Gasteiger partial charge in [0.15, 0.2) is 0 Å². The maximum Gasteiger partial charge on any atom is 0.311 e. The predicted molar refractivity (Wildman–Crippen MR) is 126 cm³/mol. The molecule has 5 rings (SSSR count). The molecule has 0 aliphatic heterocycles. The number of rotatable bonds is 7. The number of carbonyl (C=O) groups excluding carboxylic acids is 3. The SMILES string of the molecule is C[Si](C)(C)CCOC(=O)[C@@H]1C2CC(=O)[C@@H](c3cc(O)ccc32)[C@H]1C(=O)OCc1cccc(F)c1. The number of phenols is 1. The Labute approximate surface area is 199 Å². The summed E-state index contributed by atoms with van der Waals surface area (Å²) in [5.41, 5.74) is 1.80. The van der Waals surface area contributed by atoms with Crippen molar-refractivity contribution in [2.45, 2.75) is 50.5 Å². The van der Waals surface area contributed by atoms with Gasteiger partial charge >= 0.3 is 11.9 Å². The molecule has 0 saturated heterocycles. The number of hydrogen-bond acceptors (Lipinski definition) is 6. The number of ketones is 1. The number of esters is 2. The Kier molecular flexibility index (Phi) is 6.62. The molecule has 1 unspecified atom stereocenters. The van der Waals surface area contributed by atoms with Crippen LogP contribution in [0.4, 0.5) is 4.39 Å². The summed E-state index contributed by atoms with van der Waals surface area (Å²) in [6.07, 6.45) is 0.129. The van der Waals surface area contributed by atoms with E-state index in [1.807, 2.05) is 0 Å². The number of carbonyl (C=O) groups is 3. The number of Topliss-reactive ketones (excluding diaryl/α,β-unsaturated/α-hetero) is 1. The first-order valence-corrected chi connectivity index (χ1v) is 15.2. The number of phenolic OH excluding ortho intramolecular Hbond substituents is 1. The van der Waals surface area contributed by atoms with Crippen LogP contribution in [-0.4, -0.2) is 37.5 Å². The molecule has 0 aromatic heterocycles. The van der Waals surface area contributed by atoms with Crippen molar-refractivity contribution in [1.29, 1.82) is 0 Å². The van der Waals surface area contributed by atoms with Crippen molar-refractivity contribution in [2.75, 3.05) is 6.61 Å². The second-order valence-electron chi connectivity index (χ2n) is 10.3. The van der Waals surface area contributed by atoms with Crippen LogP contribution in [0.25, 0.3) is 0 Å². The molecule has 0 radical (unpaired) electrons. The highest BCUT2D eigenvalue weighted by atomic mass is 28.3. The fraction of sp³-hybridized carbons (Fsp3) is 0.423. The van der Waals surface area contributed by atoms with Gasteiger partial charge in [0.2, 0.25) is 0 Å². The van der Waals surface area contributed by atoms with Crippen molar-refractivity contribution in [3.8, 4) is 5.75 Å². The van der Waals surface area contributed by atoms with Gasteiger partial charge in [0, 0.05) is 20.4 Å². The lowest BCUT2D eigenvalue weighted by molar-refractivity contribution is -0.168. The third kappa shape index (κ3) is 4.92. The Balaban J connectivity index is 1.63. The van der Waals surface area contributed by atoms with Gasteiger partial charge in [0.25, 0.3) is 0 Å². The molecule has 6 nitrogen and oxygen atoms in total. The van der Waals surface area contributed by atoms with E-state index in [0.717, 1.165) is 11.6 Å². The maximum atomic E-state index is 13.5. The molecule has 0 spiro atoms. The quantitative estimate of drug-likeness (QED) is 0.458. The molecular weight excluding hydrogens is 455 g/mol. The summed E-state index contributed by atoms with van der Waals surface area (Å²) >= 11 is 0. The van der Waals surface area contributed by atoms with Crippen LogP contribution in [0.3, 0.4) is 0 Å². The van der Waals surface area contributed by atoms with Crippen LogP contribution in [0.15, 0.2) is 42.5 Å². The number of halogens is 1. The molecule has 34 heavy (non-hydrogen) atoms. The minimum atomic E-state index is -1.44. The fourth-order valence-electron chi connectivity index (χ4n) is 4.99. The standard InChI is InChI=1S/C26H29FO6Si/c1-34(2,3)10-9-32-25(30)23-20-13-21(29)22(19-12-17(28)7-8-18(19)20)24(23)26(31)33-14-15-5-4-6-16(27)11-15/h4-8,11-12,20,22-24,28H,9-10,13-14H2,1-3H3/t20?,22-,23-,24-/m1/s1. The average molecular weight is 485 g/mol. The predicted octanol–water partition coefficient (Wildman–Crippen LogP) is 4.54. The Bertz CT molecular complexity index is 1120. The van der Waals surface area contributed by atoms with Crippen LogP contribution < -0.4 is 0 Å². The van der Waals surface area contributed by atoms with Crippen LogP contribution in [0, 0.1) is 17.7 Å². The largest absolute Gasteiger partial charge is 0.508 e. The summed E-state index contributed by atoms with van der Waals surface area (Å²) < 4.78 is 24.6. The lowest BCUT2D eigenvalue weighted by Gasteiger charge is -2.46. The number of ether oxygens (including phenoxy) is 2. The Morgan fingerprint density at radius 2 is 1.76 bits per heavy atom. The van der Waals surface area contributed by atoms with Gasteiger partial charge in [-0.25, -0.2) is 4.39 Å². The van der Waals surface area contributed by atoms with Crippen molar-refractivity contribution in [1.82, 2.24) is 0 Å². The van der Waals surface area contributed by atoms with Gasteiger partial charge in [-0.2, -0.15) is 0 Å². The van der Waals surface area contributed by atoms with Crippen molar-refractivity contribution < 1.29 is 33.4 Å². The van der Waals surface area contributed by atoms with Gasteiger partial charge in [-0.3, -0.25) is 14.4 Å². The van der Waals surface area contributed by atoms with E-state index < -0.39 is 49.5 Å². The molecule has 2 bridgehead atoms. The number of aromatic hydroxyl groups is 1. The highest BCUT2D eigenvalue weighted by Crippen LogP contribution is 2.55. The summed E-state index contributed by atoms with van der Waals surface area (Å²) in [4.78, 5) is 39.6. The van der Waals surface area contributed by atoms with E-state index in [4.69, 9.17) is 9.47 Å². The molecule has 1 fully saturated rings. The molecule has 8 heteroatoms. The summed E-state index contributed by atoms with van der Waals surface area (Å²) in [7, 11) is -1.44. The lowest BCUT2D eigenvalue weighted by Crippen LogP contribution is -2.50. The molecule has 2 aromatic carbocycles. The number of hydrogen-bond donors (Lipinski definition) is 1. The van der Waals surface area contributed by atoms with E-state index in [0.29, 0.717) is 11.1 Å². The van der Waals surface area contributed by atoms with Gasteiger partial charge in [0.05, 0.1) is 24.4 Å². The molecule has 1 saturated carbocycles. The van der Waals surface area contributed by atoms with E-state index >= 15 is 0 Å². The smallest absolute Gasteiger partial charge is 0.311 e. The van der Waals surface area contributed by atoms with E-state index in [1.54, 1.807) is 12.1 Å². The second-order valence-corrected chi connectivity index (χ2v) is 16.0. The van der Waals surface area contributed by atoms with Gasteiger partial charge in [0.1, 0.15) is 24.0 Å². The highest BCUT2D eigenvalue weighted by Gasteiger charge is 2.57. The van der Waals surface area contributed by atoms with Crippen LogP contribution >= 0.6 is 0 Å². The fourth-order valence-corrected chi connectivity index (χ4v) is 5.71. The van der Waals surface area contributed by atoms with Gasteiger partial charge < -0.3 is 14.6 Å². The summed E-state index contributed by atoms with van der Waals surface area (Å²) in [6, 6.07) is 11.2.